The van der Waals surface area contributed by atoms with Gasteiger partial charge in [0.05, 0.1) is 24.8 Å². The molecule has 1 aromatic carbocycles. The molecule has 0 aromatic heterocycles. The number of carbonyl (C=O) groups is 1. The third kappa shape index (κ3) is 4.97. The quantitative estimate of drug-likeness (QED) is 0.800. The van der Waals surface area contributed by atoms with Crippen molar-refractivity contribution in [2.75, 3.05) is 32.8 Å². The fourth-order valence-corrected chi connectivity index (χ4v) is 3.06. The van der Waals surface area contributed by atoms with Crippen LogP contribution < -0.4 is 11.1 Å². The lowest BCUT2D eigenvalue weighted by atomic mass is 10.0. The predicted molar refractivity (Wildman–Crippen MR) is 100 cm³/mol. The molecule has 0 spiro atoms. The molecule has 8 heteroatoms. The van der Waals surface area contributed by atoms with Gasteiger partial charge in [0, 0.05) is 24.7 Å². The molecule has 1 saturated carbocycles. The molecule has 1 heterocycles. The number of hydrogen-bond donors (Lipinski definition) is 2. The summed E-state index contributed by atoms with van der Waals surface area (Å²) < 4.78 is 5.42. The summed E-state index contributed by atoms with van der Waals surface area (Å²) in [6.45, 7) is 3.59. The molecule has 1 aliphatic heterocycles. The van der Waals surface area contributed by atoms with Crippen molar-refractivity contribution < 1.29 is 9.53 Å². The average molecular weight is 397 g/mol. The van der Waals surface area contributed by atoms with E-state index in [2.05, 4.69) is 10.2 Å². The van der Waals surface area contributed by atoms with Gasteiger partial charge in [0.2, 0.25) is 5.91 Å². The summed E-state index contributed by atoms with van der Waals surface area (Å²) in [5.74, 6) is -0.0576. The Bertz CT molecular complexity index is 549. The first kappa shape index (κ1) is 21.5. The number of carbonyl (C=O) groups excluding carboxylic acids is 1. The minimum Gasteiger partial charge on any atom is -0.379 e. The second kappa shape index (κ2) is 9.22. The summed E-state index contributed by atoms with van der Waals surface area (Å²) in [6, 6.07) is 7.84. The fourth-order valence-electron chi connectivity index (χ4n) is 2.80. The van der Waals surface area contributed by atoms with Gasteiger partial charge in [-0.05, 0) is 24.5 Å². The van der Waals surface area contributed by atoms with Crippen molar-refractivity contribution in [2.24, 2.45) is 5.73 Å². The van der Waals surface area contributed by atoms with Gasteiger partial charge in [-0.25, -0.2) is 0 Å². The standard InChI is InChI=1S/C16H22ClN3O2.2ClH/c17-13-4-2-1-3-12(13)14(20-7-9-22-10-8-20)11-19-15(21)16(18)5-6-16;;/h1-4,14H,5-11,18H2,(H,19,21);2*1H. The lowest BCUT2D eigenvalue weighted by Gasteiger charge is -2.35. The molecule has 3 N–H and O–H groups in total. The fraction of sp³-hybridized carbons (Fsp3) is 0.562. The molecule has 1 unspecified atom stereocenters. The first-order valence-corrected chi connectivity index (χ1v) is 8.11. The van der Waals surface area contributed by atoms with Gasteiger partial charge in [0.1, 0.15) is 0 Å². The van der Waals surface area contributed by atoms with Crippen molar-refractivity contribution in [1.82, 2.24) is 10.2 Å². The van der Waals surface area contributed by atoms with Gasteiger partial charge in [0.25, 0.3) is 0 Å². The Hall–Kier alpha value is -0.560. The Morgan fingerprint density at radius 3 is 2.50 bits per heavy atom. The van der Waals surface area contributed by atoms with Crippen LogP contribution in [0.1, 0.15) is 24.4 Å². The SMILES string of the molecule is Cl.Cl.NC1(C(=O)NCC(c2ccccc2Cl)N2CCOCC2)CC1. The molecular formula is C16H24Cl3N3O2. The maximum absolute atomic E-state index is 12.1. The second-order valence-corrected chi connectivity index (χ2v) is 6.46. The molecule has 136 valence electrons. The first-order valence-electron chi connectivity index (χ1n) is 7.73. The number of ether oxygens (including phenoxy) is 1. The summed E-state index contributed by atoms with van der Waals surface area (Å²) in [6.07, 6.45) is 1.54. The summed E-state index contributed by atoms with van der Waals surface area (Å²) in [7, 11) is 0. The first-order chi connectivity index (χ1) is 10.6. The Morgan fingerprint density at radius 1 is 1.29 bits per heavy atom. The predicted octanol–water partition coefficient (Wildman–Crippen LogP) is 2.16. The highest BCUT2D eigenvalue weighted by atomic mass is 35.5. The van der Waals surface area contributed by atoms with Crippen LogP contribution in [0.4, 0.5) is 0 Å². The molecule has 1 amide bonds. The monoisotopic (exact) mass is 395 g/mol. The zero-order valence-electron chi connectivity index (χ0n) is 13.4. The topological polar surface area (TPSA) is 67.6 Å². The van der Waals surface area contributed by atoms with Crippen LogP contribution in [0, 0.1) is 0 Å². The van der Waals surface area contributed by atoms with E-state index >= 15 is 0 Å². The van der Waals surface area contributed by atoms with E-state index in [0.717, 1.165) is 36.5 Å². The van der Waals surface area contributed by atoms with Crippen LogP contribution in [0.15, 0.2) is 24.3 Å². The van der Waals surface area contributed by atoms with Gasteiger partial charge < -0.3 is 15.8 Å². The van der Waals surface area contributed by atoms with Crippen molar-refractivity contribution in [1.29, 1.82) is 0 Å². The number of nitrogens with two attached hydrogens (primary N) is 1. The number of halogens is 3. The average Bonchev–Trinajstić information content (AvgIpc) is 3.29. The maximum atomic E-state index is 12.1. The van der Waals surface area contributed by atoms with E-state index in [-0.39, 0.29) is 36.8 Å². The molecular weight excluding hydrogens is 373 g/mol. The smallest absolute Gasteiger partial charge is 0.240 e. The molecule has 0 bridgehead atoms. The molecule has 2 aliphatic rings. The van der Waals surface area contributed by atoms with E-state index < -0.39 is 5.54 Å². The molecule has 5 nitrogen and oxygen atoms in total. The number of rotatable bonds is 5. The minimum absolute atomic E-state index is 0. The Kier molecular flexibility index (Phi) is 8.26. The summed E-state index contributed by atoms with van der Waals surface area (Å²) in [5, 5.41) is 3.73. The molecule has 1 atom stereocenters. The lowest BCUT2D eigenvalue weighted by Crippen LogP contribution is -2.48. The van der Waals surface area contributed by atoms with E-state index in [1.807, 2.05) is 24.3 Å². The molecule has 0 radical (unpaired) electrons. The van der Waals surface area contributed by atoms with Crippen LogP contribution in [0.3, 0.4) is 0 Å². The van der Waals surface area contributed by atoms with Crippen LogP contribution in [-0.4, -0.2) is 49.2 Å². The Labute approximate surface area is 160 Å². The zero-order valence-corrected chi connectivity index (χ0v) is 15.8. The van der Waals surface area contributed by atoms with Gasteiger partial charge in [-0.1, -0.05) is 29.8 Å². The number of hydrogen-bond acceptors (Lipinski definition) is 4. The van der Waals surface area contributed by atoms with E-state index in [9.17, 15) is 4.79 Å². The number of amides is 1. The third-order valence-corrected chi connectivity index (χ3v) is 4.79. The van der Waals surface area contributed by atoms with Crippen LogP contribution in [0.2, 0.25) is 5.02 Å². The highest BCUT2D eigenvalue weighted by molar-refractivity contribution is 6.31. The summed E-state index contributed by atoms with van der Waals surface area (Å²) in [5.41, 5.74) is 6.34. The molecule has 24 heavy (non-hydrogen) atoms. The maximum Gasteiger partial charge on any atom is 0.240 e. The van der Waals surface area contributed by atoms with E-state index in [4.69, 9.17) is 22.1 Å². The van der Waals surface area contributed by atoms with Crippen molar-refractivity contribution >= 4 is 42.3 Å². The van der Waals surface area contributed by atoms with E-state index in [1.165, 1.54) is 0 Å². The molecule has 1 saturated heterocycles. The second-order valence-electron chi connectivity index (χ2n) is 6.05. The third-order valence-electron chi connectivity index (χ3n) is 4.45. The highest BCUT2D eigenvalue weighted by Crippen LogP contribution is 2.33. The molecule has 3 rings (SSSR count). The molecule has 2 fully saturated rings. The van der Waals surface area contributed by atoms with Crippen molar-refractivity contribution in [3.05, 3.63) is 34.9 Å². The number of nitrogens with one attached hydrogen (secondary N) is 1. The van der Waals surface area contributed by atoms with Gasteiger partial charge in [-0.15, -0.1) is 24.8 Å². The van der Waals surface area contributed by atoms with Gasteiger partial charge in [-0.3, -0.25) is 9.69 Å². The minimum atomic E-state index is -0.643. The largest absolute Gasteiger partial charge is 0.379 e. The Morgan fingerprint density at radius 2 is 1.92 bits per heavy atom. The normalized spacial score (nSPS) is 20.2. The van der Waals surface area contributed by atoms with Crippen molar-refractivity contribution in [2.45, 2.75) is 24.4 Å². The van der Waals surface area contributed by atoms with Gasteiger partial charge in [-0.2, -0.15) is 0 Å². The number of nitrogens with zero attached hydrogens (tertiary/aromatic N) is 1. The number of benzene rings is 1. The van der Waals surface area contributed by atoms with Crippen LogP contribution in [0.25, 0.3) is 0 Å². The van der Waals surface area contributed by atoms with Crippen molar-refractivity contribution in [3.8, 4) is 0 Å². The summed E-state index contributed by atoms with van der Waals surface area (Å²) in [4.78, 5) is 14.4. The van der Waals surface area contributed by atoms with Crippen molar-refractivity contribution in [3.63, 3.8) is 0 Å². The zero-order chi connectivity index (χ0) is 15.6. The molecule has 1 aliphatic carbocycles. The van der Waals surface area contributed by atoms with E-state index in [0.29, 0.717) is 19.8 Å². The lowest BCUT2D eigenvalue weighted by molar-refractivity contribution is -0.123. The van der Waals surface area contributed by atoms with Crippen LogP contribution in [0.5, 0.6) is 0 Å². The van der Waals surface area contributed by atoms with Gasteiger partial charge >= 0.3 is 0 Å². The van der Waals surface area contributed by atoms with E-state index in [1.54, 1.807) is 0 Å². The van der Waals surface area contributed by atoms with Crippen LogP contribution in [-0.2, 0) is 9.53 Å². The Balaban J connectivity index is 0.00000144. The summed E-state index contributed by atoms with van der Waals surface area (Å²) >= 11 is 6.36. The molecule has 1 aromatic rings. The highest BCUT2D eigenvalue weighted by Gasteiger charge is 2.46. The van der Waals surface area contributed by atoms with Gasteiger partial charge in [0.15, 0.2) is 0 Å². The number of morpholine rings is 1. The van der Waals surface area contributed by atoms with Crippen LogP contribution >= 0.6 is 36.4 Å².